The molecular formula is C14H22N4OSi. The fraction of sp³-hybridized carbons (Fsp3) is 0.429. The molecule has 108 valence electrons. The van der Waals surface area contributed by atoms with Gasteiger partial charge < -0.3 is 15.1 Å². The molecule has 0 bridgehead atoms. The lowest BCUT2D eigenvalue weighted by molar-refractivity contribution is 0.590. The molecule has 0 saturated carbocycles. The van der Waals surface area contributed by atoms with E-state index in [1.54, 1.807) is 0 Å². The van der Waals surface area contributed by atoms with Crippen LogP contribution < -0.4 is 10.6 Å². The average molecular weight is 290 g/mol. The number of benzene rings is 1. The number of rotatable bonds is 4. The molecule has 1 heterocycles. The van der Waals surface area contributed by atoms with Gasteiger partial charge in [-0.2, -0.15) is 0 Å². The summed E-state index contributed by atoms with van der Waals surface area (Å²) < 4.78 is 5.22. The van der Waals surface area contributed by atoms with Crippen molar-refractivity contribution in [3.63, 3.8) is 0 Å². The number of aromatic nitrogens is 2. The zero-order chi connectivity index (χ0) is 14.9. The van der Waals surface area contributed by atoms with Gasteiger partial charge in [0.15, 0.2) is 0 Å². The van der Waals surface area contributed by atoms with Gasteiger partial charge in [0, 0.05) is 24.0 Å². The van der Waals surface area contributed by atoms with Gasteiger partial charge in [-0.25, -0.2) is 0 Å². The number of nitrogen functional groups attached to an aromatic ring is 1. The largest absolute Gasteiger partial charge is 0.404 e. The Hall–Kier alpha value is -1.82. The molecule has 20 heavy (non-hydrogen) atoms. The molecule has 0 amide bonds. The highest BCUT2D eigenvalue weighted by atomic mass is 28.3. The fourth-order valence-corrected chi connectivity index (χ4v) is 3.31. The number of nitrogens with two attached hydrogens (primary N) is 1. The van der Waals surface area contributed by atoms with E-state index in [-0.39, 0.29) is 6.01 Å². The third-order valence-corrected chi connectivity index (χ3v) is 6.69. The molecule has 1 unspecified atom stereocenters. The maximum absolute atomic E-state index is 5.44. The van der Waals surface area contributed by atoms with Crippen molar-refractivity contribution in [3.8, 4) is 11.5 Å². The summed E-state index contributed by atoms with van der Waals surface area (Å²) in [6.45, 7) is 9.43. The minimum Gasteiger partial charge on any atom is -0.404 e. The molecule has 2 aromatic rings. The smallest absolute Gasteiger partial charge is 0.313 e. The molecule has 2 N–H and O–H groups in total. The van der Waals surface area contributed by atoms with Crippen molar-refractivity contribution in [1.29, 1.82) is 0 Å². The summed E-state index contributed by atoms with van der Waals surface area (Å²) in [6, 6.07) is 8.21. The maximum Gasteiger partial charge on any atom is 0.313 e. The van der Waals surface area contributed by atoms with Crippen molar-refractivity contribution >= 4 is 19.8 Å². The van der Waals surface area contributed by atoms with E-state index in [1.807, 2.05) is 12.1 Å². The zero-order valence-electron chi connectivity index (χ0n) is 12.7. The van der Waals surface area contributed by atoms with Crippen LogP contribution in [-0.4, -0.2) is 31.0 Å². The van der Waals surface area contributed by atoms with Crippen LogP contribution >= 0.6 is 0 Å². The SMILES string of the molecule is CC(N(C)c1ccc(-c2nnc(N)o2)cc1)[Si](C)(C)C. The first-order valence-corrected chi connectivity index (χ1v) is 10.3. The summed E-state index contributed by atoms with van der Waals surface area (Å²) in [6.07, 6.45) is 0. The van der Waals surface area contributed by atoms with Crippen LogP contribution in [0.3, 0.4) is 0 Å². The molecule has 0 aliphatic rings. The predicted molar refractivity (Wildman–Crippen MR) is 85.4 cm³/mol. The summed E-state index contributed by atoms with van der Waals surface area (Å²) in [5.41, 5.74) is 8.07. The number of hydrogen-bond acceptors (Lipinski definition) is 5. The highest BCUT2D eigenvalue weighted by Gasteiger charge is 2.26. The molecule has 0 spiro atoms. The lowest BCUT2D eigenvalue weighted by atomic mass is 10.2. The summed E-state index contributed by atoms with van der Waals surface area (Å²) in [7, 11) is 0.929. The Kier molecular flexibility index (Phi) is 3.85. The summed E-state index contributed by atoms with van der Waals surface area (Å²) >= 11 is 0. The molecule has 1 atom stereocenters. The second-order valence-electron chi connectivity index (χ2n) is 6.15. The van der Waals surface area contributed by atoms with Gasteiger partial charge in [-0.15, -0.1) is 5.10 Å². The van der Waals surface area contributed by atoms with Crippen molar-refractivity contribution in [2.24, 2.45) is 0 Å². The molecule has 2 rings (SSSR count). The molecule has 1 aromatic carbocycles. The van der Waals surface area contributed by atoms with Crippen LogP contribution in [0.1, 0.15) is 6.92 Å². The quantitative estimate of drug-likeness (QED) is 0.877. The molecule has 0 saturated heterocycles. The van der Waals surface area contributed by atoms with Gasteiger partial charge in [-0.1, -0.05) is 24.7 Å². The molecule has 0 aliphatic carbocycles. The Labute approximate surface area is 120 Å². The first kappa shape index (κ1) is 14.6. The Bertz CT molecular complexity index is 574. The number of nitrogens with zero attached hydrogens (tertiary/aromatic N) is 3. The van der Waals surface area contributed by atoms with Crippen LogP contribution in [0.2, 0.25) is 19.6 Å². The van der Waals surface area contributed by atoms with Gasteiger partial charge in [0.25, 0.3) is 0 Å². The van der Waals surface area contributed by atoms with Crippen LogP contribution in [0.25, 0.3) is 11.5 Å². The van der Waals surface area contributed by atoms with Crippen LogP contribution in [0.5, 0.6) is 0 Å². The topological polar surface area (TPSA) is 68.2 Å². The van der Waals surface area contributed by atoms with Gasteiger partial charge in [-0.05, 0) is 31.2 Å². The minimum absolute atomic E-state index is 0.0912. The van der Waals surface area contributed by atoms with Crippen molar-refractivity contribution in [3.05, 3.63) is 24.3 Å². The van der Waals surface area contributed by atoms with E-state index in [1.165, 1.54) is 5.69 Å². The van der Waals surface area contributed by atoms with Gasteiger partial charge in [0.1, 0.15) is 0 Å². The highest BCUT2D eigenvalue weighted by molar-refractivity contribution is 6.78. The second kappa shape index (κ2) is 5.28. The van der Waals surface area contributed by atoms with Crippen LogP contribution in [-0.2, 0) is 0 Å². The van der Waals surface area contributed by atoms with Gasteiger partial charge in [0.05, 0.1) is 8.07 Å². The average Bonchev–Trinajstić information content (AvgIpc) is 2.83. The fourth-order valence-electron chi connectivity index (χ4n) is 1.99. The predicted octanol–water partition coefficient (Wildman–Crippen LogP) is 3.02. The monoisotopic (exact) mass is 290 g/mol. The Morgan fingerprint density at radius 2 is 1.75 bits per heavy atom. The van der Waals surface area contributed by atoms with E-state index in [9.17, 15) is 0 Å². The van der Waals surface area contributed by atoms with E-state index in [0.717, 1.165) is 5.56 Å². The maximum atomic E-state index is 5.44. The van der Waals surface area contributed by atoms with E-state index in [2.05, 4.69) is 60.8 Å². The summed E-state index contributed by atoms with van der Waals surface area (Å²) in [5.74, 6) is 0.454. The van der Waals surface area contributed by atoms with E-state index >= 15 is 0 Å². The molecular weight excluding hydrogens is 268 g/mol. The lowest BCUT2D eigenvalue weighted by Gasteiger charge is -2.35. The third kappa shape index (κ3) is 3.01. The van der Waals surface area contributed by atoms with Gasteiger partial charge in [0.2, 0.25) is 5.89 Å². The van der Waals surface area contributed by atoms with Gasteiger partial charge >= 0.3 is 6.01 Å². The molecule has 5 nitrogen and oxygen atoms in total. The van der Waals surface area contributed by atoms with E-state index in [0.29, 0.717) is 11.6 Å². The lowest BCUT2D eigenvalue weighted by Crippen LogP contribution is -2.47. The minimum atomic E-state index is -1.21. The van der Waals surface area contributed by atoms with Crippen molar-refractivity contribution in [2.45, 2.75) is 32.2 Å². The van der Waals surface area contributed by atoms with Crippen molar-refractivity contribution < 1.29 is 4.42 Å². The molecule has 0 radical (unpaired) electrons. The molecule has 1 aromatic heterocycles. The number of hydrogen-bond donors (Lipinski definition) is 1. The summed E-state index contributed by atoms with van der Waals surface area (Å²) in [4.78, 5) is 2.33. The van der Waals surface area contributed by atoms with Crippen LogP contribution in [0.4, 0.5) is 11.7 Å². The van der Waals surface area contributed by atoms with E-state index in [4.69, 9.17) is 10.2 Å². The second-order valence-corrected chi connectivity index (χ2v) is 11.7. The first-order valence-electron chi connectivity index (χ1n) is 6.71. The van der Waals surface area contributed by atoms with Gasteiger partial charge in [-0.3, -0.25) is 0 Å². The van der Waals surface area contributed by atoms with Crippen molar-refractivity contribution in [2.75, 3.05) is 17.7 Å². The molecule has 0 fully saturated rings. The van der Waals surface area contributed by atoms with E-state index < -0.39 is 8.07 Å². The standard InChI is InChI=1S/C14H22N4OSi/c1-10(20(3,4)5)18(2)12-8-6-11(7-9-12)13-16-17-14(15)19-13/h6-10H,1-5H3,(H2,15,17). The highest BCUT2D eigenvalue weighted by Crippen LogP contribution is 2.25. The van der Waals surface area contributed by atoms with Crippen LogP contribution in [0, 0.1) is 0 Å². The Balaban J connectivity index is 2.20. The normalized spacial score (nSPS) is 13.2. The molecule has 6 heteroatoms. The first-order chi connectivity index (χ1) is 9.29. The zero-order valence-corrected chi connectivity index (χ0v) is 13.7. The summed E-state index contributed by atoms with van der Waals surface area (Å²) in [5, 5.41) is 7.55. The Morgan fingerprint density at radius 3 is 2.20 bits per heavy atom. The third-order valence-electron chi connectivity index (χ3n) is 3.80. The van der Waals surface area contributed by atoms with Crippen LogP contribution in [0.15, 0.2) is 28.7 Å². The number of anilines is 2. The molecule has 0 aliphatic heterocycles. The Morgan fingerprint density at radius 1 is 1.15 bits per heavy atom. The van der Waals surface area contributed by atoms with Crippen molar-refractivity contribution in [1.82, 2.24) is 10.2 Å².